The van der Waals surface area contributed by atoms with E-state index in [2.05, 4.69) is 10.1 Å². The molecule has 0 radical (unpaired) electrons. The lowest BCUT2D eigenvalue weighted by molar-refractivity contribution is 0.516. The van der Waals surface area contributed by atoms with Gasteiger partial charge in [0, 0.05) is 23.6 Å². The van der Waals surface area contributed by atoms with Crippen LogP contribution in [0.5, 0.6) is 0 Å². The van der Waals surface area contributed by atoms with Crippen LogP contribution in [0.1, 0.15) is 0 Å². The molecule has 2 N–H and O–H groups in total. The van der Waals surface area contributed by atoms with Crippen molar-refractivity contribution in [2.45, 2.75) is 0 Å². The van der Waals surface area contributed by atoms with Crippen LogP contribution in [-0.2, 0) is 0 Å². The van der Waals surface area contributed by atoms with E-state index in [0.29, 0.717) is 11.3 Å². The first kappa shape index (κ1) is 13.7. The topological polar surface area (TPSA) is 86.9 Å². The number of anilines is 1. The number of hydrogen-bond donors (Lipinski definition) is 1. The van der Waals surface area contributed by atoms with E-state index in [0.717, 1.165) is 4.68 Å². The zero-order valence-electron chi connectivity index (χ0n) is 10.5. The predicted molar refractivity (Wildman–Crippen MR) is 79.8 cm³/mol. The van der Waals surface area contributed by atoms with Crippen LogP contribution < -0.4 is 11.5 Å². The van der Waals surface area contributed by atoms with Gasteiger partial charge in [-0.2, -0.15) is 4.68 Å². The maximum atomic E-state index is 12.0. The molecule has 0 fully saturated rings. The van der Waals surface area contributed by atoms with E-state index < -0.39 is 5.76 Å². The largest absolute Gasteiger partial charge is 0.442 e. The third-order valence-corrected chi connectivity index (χ3v) is 3.27. The van der Waals surface area contributed by atoms with Gasteiger partial charge in [0.15, 0.2) is 0 Å². The molecule has 0 aliphatic rings. The average Bonchev–Trinajstić information content (AvgIpc) is 2.81. The number of nitrogens with zero attached hydrogens (tertiary/aromatic N) is 3. The molecule has 3 rings (SSSR count). The zero-order chi connectivity index (χ0) is 15.0. The summed E-state index contributed by atoms with van der Waals surface area (Å²) >= 11 is 12.0. The van der Waals surface area contributed by atoms with E-state index in [-0.39, 0.29) is 21.6 Å². The number of hydrogen-bond acceptors (Lipinski definition) is 5. The lowest BCUT2D eigenvalue weighted by Crippen LogP contribution is -2.14. The number of pyridine rings is 1. The molecule has 0 aliphatic heterocycles. The lowest BCUT2D eigenvalue weighted by Gasteiger charge is -2.03. The molecule has 0 bridgehead atoms. The Morgan fingerprint density at radius 2 is 1.90 bits per heavy atom. The van der Waals surface area contributed by atoms with Crippen molar-refractivity contribution in [3.63, 3.8) is 0 Å². The number of benzene rings is 1. The molecule has 3 aromatic rings. The standard InChI is InChI=1S/C13H8Cl2N4O2/c14-9-5-17-6-10(15)11(9)19-13(20)21-12(18-19)7-2-1-3-8(16)4-7/h1-6H,16H2. The first-order valence-electron chi connectivity index (χ1n) is 5.81. The van der Waals surface area contributed by atoms with Crippen LogP contribution >= 0.6 is 23.2 Å². The Bertz CT molecular complexity index is 852. The molecule has 1 aromatic carbocycles. The molecule has 0 saturated heterocycles. The normalized spacial score (nSPS) is 10.8. The van der Waals surface area contributed by atoms with E-state index in [1.807, 2.05) is 0 Å². The van der Waals surface area contributed by atoms with Crippen LogP contribution in [0.15, 0.2) is 45.9 Å². The fraction of sp³-hybridized carbons (Fsp3) is 0. The van der Waals surface area contributed by atoms with Crippen LogP contribution in [0.25, 0.3) is 17.1 Å². The number of halogens is 2. The summed E-state index contributed by atoms with van der Waals surface area (Å²) in [6.07, 6.45) is 2.73. The van der Waals surface area contributed by atoms with Gasteiger partial charge in [-0.15, -0.1) is 5.10 Å². The summed E-state index contributed by atoms with van der Waals surface area (Å²) in [5, 5.41) is 4.48. The fourth-order valence-corrected chi connectivity index (χ4v) is 2.34. The lowest BCUT2D eigenvalue weighted by atomic mass is 10.2. The summed E-state index contributed by atoms with van der Waals surface area (Å²) in [6.45, 7) is 0. The molecule has 0 unspecified atom stereocenters. The smallest absolute Gasteiger partial charge is 0.399 e. The van der Waals surface area contributed by atoms with E-state index in [1.165, 1.54) is 12.4 Å². The maximum Gasteiger partial charge on any atom is 0.442 e. The van der Waals surface area contributed by atoms with Gasteiger partial charge in [0.05, 0.1) is 10.0 Å². The van der Waals surface area contributed by atoms with Crippen molar-refractivity contribution in [1.82, 2.24) is 14.8 Å². The summed E-state index contributed by atoms with van der Waals surface area (Å²) in [5.41, 5.74) is 7.02. The molecular weight excluding hydrogens is 315 g/mol. The molecule has 0 atom stereocenters. The number of nitrogen functional groups attached to an aromatic ring is 1. The highest BCUT2D eigenvalue weighted by atomic mass is 35.5. The summed E-state index contributed by atoms with van der Waals surface area (Å²) < 4.78 is 6.11. The third-order valence-electron chi connectivity index (χ3n) is 2.72. The van der Waals surface area contributed by atoms with Crippen molar-refractivity contribution in [2.75, 3.05) is 5.73 Å². The minimum atomic E-state index is -0.706. The van der Waals surface area contributed by atoms with Crippen molar-refractivity contribution in [3.8, 4) is 17.1 Å². The van der Waals surface area contributed by atoms with Gasteiger partial charge in [0.2, 0.25) is 5.89 Å². The van der Waals surface area contributed by atoms with Crippen molar-refractivity contribution in [1.29, 1.82) is 0 Å². The Kier molecular flexibility index (Phi) is 3.40. The summed E-state index contributed by atoms with van der Waals surface area (Å²) in [7, 11) is 0. The van der Waals surface area contributed by atoms with Crippen molar-refractivity contribution < 1.29 is 4.42 Å². The molecule has 6 nitrogen and oxygen atoms in total. The second-order valence-electron chi connectivity index (χ2n) is 4.16. The van der Waals surface area contributed by atoms with Crippen LogP contribution in [0.4, 0.5) is 5.69 Å². The van der Waals surface area contributed by atoms with Gasteiger partial charge in [-0.25, -0.2) is 4.79 Å². The van der Waals surface area contributed by atoms with Gasteiger partial charge in [-0.1, -0.05) is 29.3 Å². The molecule has 21 heavy (non-hydrogen) atoms. The van der Waals surface area contributed by atoms with Crippen LogP contribution in [-0.4, -0.2) is 14.8 Å². The number of rotatable bonds is 2. The first-order valence-corrected chi connectivity index (χ1v) is 6.57. The average molecular weight is 323 g/mol. The Labute approximate surface area is 128 Å². The minimum Gasteiger partial charge on any atom is -0.399 e. The van der Waals surface area contributed by atoms with Gasteiger partial charge >= 0.3 is 5.76 Å². The minimum absolute atomic E-state index is 0.122. The SMILES string of the molecule is Nc1cccc(-c2nn(-c3c(Cl)cncc3Cl)c(=O)o2)c1. The quantitative estimate of drug-likeness (QED) is 0.733. The highest BCUT2D eigenvalue weighted by molar-refractivity contribution is 6.37. The van der Waals surface area contributed by atoms with Crippen molar-refractivity contribution >= 4 is 28.9 Å². The van der Waals surface area contributed by atoms with E-state index in [9.17, 15) is 4.79 Å². The molecule has 0 saturated carbocycles. The molecule has 0 amide bonds. The second-order valence-corrected chi connectivity index (χ2v) is 4.98. The Hall–Kier alpha value is -2.31. The van der Waals surface area contributed by atoms with Gasteiger partial charge in [0.25, 0.3) is 0 Å². The third kappa shape index (κ3) is 2.51. The van der Waals surface area contributed by atoms with Gasteiger partial charge in [-0.3, -0.25) is 4.98 Å². The molecule has 8 heteroatoms. The van der Waals surface area contributed by atoms with Crippen LogP contribution in [0.3, 0.4) is 0 Å². The highest BCUT2D eigenvalue weighted by Crippen LogP contribution is 2.26. The highest BCUT2D eigenvalue weighted by Gasteiger charge is 2.17. The second kappa shape index (κ2) is 5.23. The Morgan fingerprint density at radius 1 is 1.19 bits per heavy atom. The fourth-order valence-electron chi connectivity index (χ4n) is 1.81. The summed E-state index contributed by atoms with van der Waals surface area (Å²) in [4.78, 5) is 15.8. The number of aromatic nitrogens is 3. The molecule has 2 aromatic heterocycles. The van der Waals surface area contributed by atoms with Gasteiger partial charge in [0.1, 0.15) is 5.69 Å². The molecule has 106 valence electrons. The predicted octanol–water partition coefficient (Wildman–Crippen LogP) is 2.78. The zero-order valence-corrected chi connectivity index (χ0v) is 12.0. The molecule has 0 aliphatic carbocycles. The summed E-state index contributed by atoms with van der Waals surface area (Å²) in [6, 6.07) is 6.82. The van der Waals surface area contributed by atoms with Crippen molar-refractivity contribution in [3.05, 3.63) is 57.3 Å². The maximum absolute atomic E-state index is 12.0. The number of nitrogens with two attached hydrogens (primary N) is 1. The molecule has 2 heterocycles. The van der Waals surface area contributed by atoms with E-state index in [1.54, 1.807) is 24.3 Å². The molecular formula is C13H8Cl2N4O2. The Balaban J connectivity index is 2.17. The molecule has 0 spiro atoms. The monoisotopic (exact) mass is 322 g/mol. The van der Waals surface area contributed by atoms with E-state index >= 15 is 0 Å². The van der Waals surface area contributed by atoms with E-state index in [4.69, 9.17) is 33.4 Å². The van der Waals surface area contributed by atoms with Crippen molar-refractivity contribution in [2.24, 2.45) is 0 Å². The van der Waals surface area contributed by atoms with Gasteiger partial charge < -0.3 is 10.2 Å². The van der Waals surface area contributed by atoms with Crippen LogP contribution in [0, 0.1) is 0 Å². The summed E-state index contributed by atoms with van der Waals surface area (Å²) in [5.74, 6) is -0.585. The first-order chi connectivity index (χ1) is 10.1. The Morgan fingerprint density at radius 3 is 2.57 bits per heavy atom. The van der Waals surface area contributed by atoms with Gasteiger partial charge in [-0.05, 0) is 18.2 Å². The van der Waals surface area contributed by atoms with Crippen LogP contribution in [0.2, 0.25) is 10.0 Å².